The number of rotatable bonds is 9. The summed E-state index contributed by atoms with van der Waals surface area (Å²) in [6, 6.07) is 34.8. The lowest BCUT2D eigenvalue weighted by Crippen LogP contribution is -2.19. The summed E-state index contributed by atoms with van der Waals surface area (Å²) < 4.78 is 5.50. The Labute approximate surface area is 221 Å². The summed E-state index contributed by atoms with van der Waals surface area (Å²) in [4.78, 5) is 14.3. The fraction of sp³-hybridized carbons (Fsp3) is 0.103. The average molecular weight is 514 g/mol. The number of hydrogen-bond acceptors (Lipinski definition) is 4. The molecule has 4 aromatic rings. The van der Waals surface area contributed by atoms with Crippen LogP contribution in [0.4, 0.5) is 17.1 Å². The molecule has 0 saturated heterocycles. The third kappa shape index (κ3) is 7.34. The Hall–Kier alpha value is -3.81. The number of carbonyl (C=O) groups is 1. The van der Waals surface area contributed by atoms with Crippen molar-refractivity contribution in [3.63, 3.8) is 0 Å². The van der Waals surface area contributed by atoms with E-state index < -0.39 is 5.25 Å². The molecule has 7 heteroatoms. The molecule has 1 unspecified atom stereocenters. The van der Waals surface area contributed by atoms with Gasteiger partial charge in [0.2, 0.25) is 5.91 Å². The number of amides is 1. The third-order valence-corrected chi connectivity index (χ3v) is 6.60. The summed E-state index contributed by atoms with van der Waals surface area (Å²) >= 11 is 6.95. The molecule has 4 rings (SSSR count). The highest BCUT2D eigenvalue weighted by Crippen LogP contribution is 2.37. The topological polar surface area (TPSA) is 62.4 Å². The summed E-state index contributed by atoms with van der Waals surface area (Å²) in [7, 11) is 0. The Morgan fingerprint density at radius 2 is 1.39 bits per heavy atom. The minimum Gasteiger partial charge on any atom is -0.494 e. The number of nitrogens with one attached hydrogen (secondary N) is 3. The Bertz CT molecular complexity index is 1280. The normalized spacial score (nSPS) is 11.2. The number of ether oxygens (including phenoxy) is 1. The molecule has 0 aromatic heterocycles. The fourth-order valence-electron chi connectivity index (χ4n) is 3.51. The largest absolute Gasteiger partial charge is 0.494 e. The molecule has 0 saturated carbocycles. The number of benzene rings is 4. The highest BCUT2D eigenvalue weighted by Gasteiger charge is 2.22. The number of anilines is 3. The lowest BCUT2D eigenvalue weighted by Gasteiger charge is -2.18. The summed E-state index contributed by atoms with van der Waals surface area (Å²) in [6.45, 7) is 2.54. The van der Waals surface area contributed by atoms with Crippen LogP contribution < -0.4 is 20.7 Å². The minimum atomic E-state index is -0.442. The SMILES string of the molecule is CCOc1ccc(NC(=O)C(Sc2cccc(NC(=S)Nc3ccccc3)c2)c2ccccc2)cc1. The van der Waals surface area contributed by atoms with Gasteiger partial charge in [-0.3, -0.25) is 4.79 Å². The van der Waals surface area contributed by atoms with Crippen LogP contribution in [-0.4, -0.2) is 17.6 Å². The lowest BCUT2D eigenvalue weighted by molar-refractivity contribution is -0.115. The standard InChI is InChI=1S/C29H27N3O2S2/c1-2-34-25-18-16-23(17-19-25)30-28(33)27(21-10-5-3-6-11-21)36-26-15-9-14-24(20-26)32-29(35)31-22-12-7-4-8-13-22/h3-20,27H,2H2,1H3,(H,30,33)(H2,31,32,35). The van der Waals surface area contributed by atoms with Gasteiger partial charge in [0.05, 0.1) is 6.61 Å². The fourth-order valence-corrected chi connectivity index (χ4v) is 4.83. The second kappa shape index (κ2) is 12.8. The molecule has 0 fully saturated rings. The van der Waals surface area contributed by atoms with Gasteiger partial charge >= 0.3 is 0 Å². The van der Waals surface area contributed by atoms with E-state index in [0.717, 1.165) is 33.3 Å². The van der Waals surface area contributed by atoms with Gasteiger partial charge in [-0.1, -0.05) is 54.6 Å². The molecule has 4 aromatic carbocycles. The maximum absolute atomic E-state index is 13.4. The summed E-state index contributed by atoms with van der Waals surface area (Å²) in [5.41, 5.74) is 3.39. The number of carbonyl (C=O) groups excluding carboxylic acids is 1. The molecule has 1 atom stereocenters. The lowest BCUT2D eigenvalue weighted by atomic mass is 10.1. The molecular formula is C29H27N3O2S2. The number of thiocarbonyl (C=S) groups is 1. The molecule has 3 N–H and O–H groups in total. The Kier molecular flexibility index (Phi) is 8.97. The Balaban J connectivity index is 1.47. The second-order valence-electron chi connectivity index (χ2n) is 7.83. The van der Waals surface area contributed by atoms with Crippen molar-refractivity contribution < 1.29 is 9.53 Å². The van der Waals surface area contributed by atoms with Crippen molar-refractivity contribution in [3.8, 4) is 5.75 Å². The molecule has 0 spiro atoms. The quantitative estimate of drug-likeness (QED) is 0.160. The highest BCUT2D eigenvalue weighted by molar-refractivity contribution is 8.00. The first-order chi connectivity index (χ1) is 17.6. The molecular weight excluding hydrogens is 486 g/mol. The molecule has 0 heterocycles. The van der Waals surface area contributed by atoms with Gasteiger partial charge in [0.1, 0.15) is 11.0 Å². The molecule has 182 valence electrons. The van der Waals surface area contributed by atoms with Crippen molar-refractivity contribution in [2.75, 3.05) is 22.6 Å². The molecule has 0 aliphatic heterocycles. The van der Waals surface area contributed by atoms with E-state index in [1.807, 2.05) is 116 Å². The van der Waals surface area contributed by atoms with Crippen LogP contribution in [0.15, 0.2) is 114 Å². The van der Waals surface area contributed by atoms with Gasteiger partial charge in [0.15, 0.2) is 5.11 Å². The molecule has 0 aliphatic carbocycles. The summed E-state index contributed by atoms with van der Waals surface area (Å²) in [5.74, 6) is 0.670. The molecule has 0 aliphatic rings. The smallest absolute Gasteiger partial charge is 0.242 e. The number of para-hydroxylation sites is 1. The third-order valence-electron chi connectivity index (χ3n) is 5.15. The first-order valence-corrected chi connectivity index (χ1v) is 12.9. The van der Waals surface area contributed by atoms with E-state index in [0.29, 0.717) is 11.7 Å². The van der Waals surface area contributed by atoms with Crippen LogP contribution >= 0.6 is 24.0 Å². The van der Waals surface area contributed by atoms with Crippen molar-refractivity contribution in [2.45, 2.75) is 17.1 Å². The minimum absolute atomic E-state index is 0.102. The van der Waals surface area contributed by atoms with Gasteiger partial charge in [-0.15, -0.1) is 11.8 Å². The molecule has 1 amide bonds. The zero-order chi connectivity index (χ0) is 25.2. The van der Waals surface area contributed by atoms with Crippen molar-refractivity contribution in [1.29, 1.82) is 0 Å². The first kappa shape index (κ1) is 25.3. The maximum atomic E-state index is 13.4. The van der Waals surface area contributed by atoms with Crippen LogP contribution in [0, 0.1) is 0 Å². The van der Waals surface area contributed by atoms with Crippen LogP contribution in [0.1, 0.15) is 17.7 Å². The van der Waals surface area contributed by atoms with Crippen molar-refractivity contribution in [1.82, 2.24) is 0 Å². The van der Waals surface area contributed by atoms with Crippen LogP contribution in [0.3, 0.4) is 0 Å². The zero-order valence-corrected chi connectivity index (χ0v) is 21.4. The zero-order valence-electron chi connectivity index (χ0n) is 19.8. The predicted molar refractivity (Wildman–Crippen MR) is 154 cm³/mol. The average Bonchev–Trinajstić information content (AvgIpc) is 2.90. The molecule has 0 radical (unpaired) electrons. The van der Waals surface area contributed by atoms with E-state index in [1.54, 1.807) is 0 Å². The molecule has 0 bridgehead atoms. The van der Waals surface area contributed by atoms with Crippen molar-refractivity contribution >= 4 is 52.1 Å². The molecule has 36 heavy (non-hydrogen) atoms. The maximum Gasteiger partial charge on any atom is 0.242 e. The van der Waals surface area contributed by atoms with E-state index in [1.165, 1.54) is 11.8 Å². The first-order valence-electron chi connectivity index (χ1n) is 11.6. The van der Waals surface area contributed by atoms with E-state index >= 15 is 0 Å². The van der Waals surface area contributed by atoms with Gasteiger partial charge in [-0.05, 0) is 79.3 Å². The van der Waals surface area contributed by atoms with E-state index in [4.69, 9.17) is 17.0 Å². The molecule has 5 nitrogen and oxygen atoms in total. The number of thioether (sulfide) groups is 1. The van der Waals surface area contributed by atoms with E-state index in [2.05, 4.69) is 16.0 Å². The van der Waals surface area contributed by atoms with Crippen LogP contribution in [0.25, 0.3) is 0 Å². The predicted octanol–water partition coefficient (Wildman–Crippen LogP) is 7.37. The van der Waals surface area contributed by atoms with Crippen LogP contribution in [0.5, 0.6) is 5.75 Å². The van der Waals surface area contributed by atoms with Gasteiger partial charge < -0.3 is 20.7 Å². The van der Waals surface area contributed by atoms with Gasteiger partial charge in [-0.25, -0.2) is 0 Å². The summed E-state index contributed by atoms with van der Waals surface area (Å²) in [5, 5.41) is 9.49. The highest BCUT2D eigenvalue weighted by atomic mass is 32.2. The van der Waals surface area contributed by atoms with E-state index in [-0.39, 0.29) is 5.91 Å². The van der Waals surface area contributed by atoms with Crippen molar-refractivity contribution in [2.24, 2.45) is 0 Å². The Morgan fingerprint density at radius 3 is 2.08 bits per heavy atom. The Morgan fingerprint density at radius 1 is 0.778 bits per heavy atom. The van der Waals surface area contributed by atoms with Gasteiger partial charge in [-0.2, -0.15) is 0 Å². The second-order valence-corrected chi connectivity index (χ2v) is 9.41. The van der Waals surface area contributed by atoms with Gasteiger partial charge in [0.25, 0.3) is 0 Å². The van der Waals surface area contributed by atoms with Crippen molar-refractivity contribution in [3.05, 3.63) is 115 Å². The van der Waals surface area contributed by atoms with Gasteiger partial charge in [0, 0.05) is 22.0 Å². The van der Waals surface area contributed by atoms with Crippen LogP contribution in [0.2, 0.25) is 0 Å². The number of hydrogen-bond donors (Lipinski definition) is 3. The van der Waals surface area contributed by atoms with Crippen LogP contribution in [-0.2, 0) is 4.79 Å². The summed E-state index contributed by atoms with van der Waals surface area (Å²) in [6.07, 6.45) is 0. The monoisotopic (exact) mass is 513 g/mol. The van der Waals surface area contributed by atoms with E-state index in [9.17, 15) is 4.79 Å².